The highest BCUT2D eigenvalue weighted by Gasteiger charge is 2.38. The molecule has 4 rings (SSSR count). The molecule has 0 spiro atoms. The molecule has 1 aliphatic rings. The van der Waals surface area contributed by atoms with Crippen molar-refractivity contribution in [2.75, 3.05) is 5.32 Å². The van der Waals surface area contributed by atoms with Crippen LogP contribution in [0.4, 0.5) is 5.69 Å². The maximum absolute atomic E-state index is 13.1. The van der Waals surface area contributed by atoms with Crippen LogP contribution in [-0.4, -0.2) is 11.6 Å². The van der Waals surface area contributed by atoms with Gasteiger partial charge in [-0.1, -0.05) is 41.9 Å². The highest BCUT2D eigenvalue weighted by molar-refractivity contribution is 6.36. The van der Waals surface area contributed by atoms with E-state index >= 15 is 0 Å². The predicted octanol–water partition coefficient (Wildman–Crippen LogP) is 0.991. The zero-order valence-electron chi connectivity index (χ0n) is 14.0. The van der Waals surface area contributed by atoms with Crippen LogP contribution in [-0.2, 0) is 0 Å². The Bertz CT molecular complexity index is 1050. The Morgan fingerprint density at radius 1 is 0.741 bits per heavy atom. The molecule has 27 heavy (non-hydrogen) atoms. The van der Waals surface area contributed by atoms with E-state index in [4.69, 9.17) is 11.6 Å². The van der Waals surface area contributed by atoms with Gasteiger partial charge in [-0.05, 0) is 24.3 Å². The highest BCUT2D eigenvalue weighted by atomic mass is 127. The second-order valence-corrected chi connectivity index (χ2v) is 6.28. The van der Waals surface area contributed by atoms with Crippen molar-refractivity contribution in [1.29, 1.82) is 0 Å². The van der Waals surface area contributed by atoms with Crippen molar-refractivity contribution in [2.24, 2.45) is 0 Å². The lowest BCUT2D eigenvalue weighted by Crippen LogP contribution is -3.00. The first kappa shape index (κ1) is 19.3. The smallest absolute Gasteiger partial charge is 0.286 e. The Kier molecular flexibility index (Phi) is 5.72. The van der Waals surface area contributed by atoms with Gasteiger partial charge in [0.15, 0.2) is 18.1 Å². The standard InChI is InChI=1S/C21H13ClN2O2.HI/c22-14-8-10-15(11-9-14)23-18-19(24-12-4-1-5-13-24)21(26)17-7-3-2-6-16(17)20(18)25;/h1-13H;1H. The summed E-state index contributed by atoms with van der Waals surface area (Å²) < 4.78 is 1.66. The summed E-state index contributed by atoms with van der Waals surface area (Å²) in [5.74, 6) is -0.422. The van der Waals surface area contributed by atoms with Crippen LogP contribution in [0.5, 0.6) is 0 Å². The third kappa shape index (κ3) is 3.65. The Balaban J connectivity index is 0.00000210. The van der Waals surface area contributed by atoms with Gasteiger partial charge in [-0.2, -0.15) is 4.57 Å². The van der Waals surface area contributed by atoms with Crippen LogP contribution >= 0.6 is 11.6 Å². The number of carbonyl (C=O) groups is 2. The van der Waals surface area contributed by atoms with E-state index in [-0.39, 0.29) is 41.2 Å². The molecule has 0 amide bonds. The van der Waals surface area contributed by atoms with Gasteiger partial charge in [0, 0.05) is 34.0 Å². The maximum atomic E-state index is 13.1. The topological polar surface area (TPSA) is 50.1 Å². The van der Waals surface area contributed by atoms with Crippen LogP contribution in [0, 0.1) is 0 Å². The number of fused-ring (bicyclic) bond motifs is 1. The third-order valence-corrected chi connectivity index (χ3v) is 4.43. The summed E-state index contributed by atoms with van der Waals surface area (Å²) in [4.78, 5) is 26.2. The second-order valence-electron chi connectivity index (χ2n) is 5.84. The fourth-order valence-electron chi connectivity index (χ4n) is 2.95. The van der Waals surface area contributed by atoms with Crippen LogP contribution in [0.15, 0.2) is 84.8 Å². The van der Waals surface area contributed by atoms with Crippen molar-refractivity contribution < 1.29 is 38.1 Å². The molecule has 0 fully saturated rings. The van der Waals surface area contributed by atoms with E-state index in [0.717, 1.165) is 0 Å². The van der Waals surface area contributed by atoms with Gasteiger partial charge in [0.05, 0.1) is 0 Å². The molecule has 2 aromatic carbocycles. The Hall–Kier alpha value is -2.51. The fourth-order valence-corrected chi connectivity index (χ4v) is 3.08. The first-order valence-electron chi connectivity index (χ1n) is 8.07. The predicted molar refractivity (Wildman–Crippen MR) is 100 cm³/mol. The zero-order valence-corrected chi connectivity index (χ0v) is 16.9. The molecule has 4 nitrogen and oxygen atoms in total. The van der Waals surface area contributed by atoms with Gasteiger partial charge in [0.1, 0.15) is 0 Å². The van der Waals surface area contributed by atoms with Gasteiger partial charge in [-0.15, -0.1) is 0 Å². The Morgan fingerprint density at radius 2 is 1.33 bits per heavy atom. The number of aromatic nitrogens is 1. The lowest BCUT2D eigenvalue weighted by atomic mass is 9.90. The molecule has 0 unspecified atom stereocenters. The minimum atomic E-state index is -0.221. The lowest BCUT2D eigenvalue weighted by Gasteiger charge is -2.18. The SMILES string of the molecule is O=C1C(Nc2ccc(Cl)cc2)=C([n+]2ccccc2)C(=O)c2ccccc21.[I-]. The van der Waals surface area contributed by atoms with Gasteiger partial charge >= 0.3 is 0 Å². The van der Waals surface area contributed by atoms with Crippen molar-refractivity contribution in [1.82, 2.24) is 0 Å². The second kappa shape index (κ2) is 8.02. The molecule has 1 N–H and O–H groups in total. The van der Waals surface area contributed by atoms with Gasteiger partial charge in [0.2, 0.25) is 5.78 Å². The van der Waals surface area contributed by atoms with Crippen LogP contribution in [0.2, 0.25) is 5.02 Å². The summed E-state index contributed by atoms with van der Waals surface area (Å²) in [6.07, 6.45) is 3.50. The molecule has 3 aromatic rings. The van der Waals surface area contributed by atoms with Crippen LogP contribution in [0.3, 0.4) is 0 Å². The number of hydrogen-bond acceptors (Lipinski definition) is 3. The molecule has 1 aromatic heterocycles. The average Bonchev–Trinajstić information content (AvgIpc) is 2.68. The van der Waals surface area contributed by atoms with Crippen molar-refractivity contribution in [3.05, 3.63) is 101 Å². The van der Waals surface area contributed by atoms with E-state index in [0.29, 0.717) is 27.5 Å². The first-order chi connectivity index (χ1) is 12.6. The minimum Gasteiger partial charge on any atom is -1.00 e. The van der Waals surface area contributed by atoms with Gasteiger partial charge in [-0.25, -0.2) is 0 Å². The van der Waals surface area contributed by atoms with Crippen molar-refractivity contribution in [2.45, 2.75) is 0 Å². The van der Waals surface area contributed by atoms with Crippen molar-refractivity contribution in [3.63, 3.8) is 0 Å². The van der Waals surface area contributed by atoms with Crippen LogP contribution in [0.25, 0.3) is 5.70 Å². The number of rotatable bonds is 3. The summed E-state index contributed by atoms with van der Waals surface area (Å²) in [6.45, 7) is 0. The average molecular weight is 489 g/mol. The number of anilines is 1. The lowest BCUT2D eigenvalue weighted by molar-refractivity contribution is -0.577. The number of ketones is 2. The Labute approximate surface area is 178 Å². The Morgan fingerprint density at radius 3 is 1.96 bits per heavy atom. The molecule has 1 heterocycles. The quantitative estimate of drug-likeness (QED) is 0.442. The molecule has 0 saturated heterocycles. The highest BCUT2D eigenvalue weighted by Crippen LogP contribution is 2.27. The number of nitrogens with one attached hydrogen (secondary N) is 1. The number of nitrogens with zero attached hydrogens (tertiary/aromatic N) is 1. The summed E-state index contributed by atoms with van der Waals surface area (Å²) in [6, 6.07) is 19.3. The van der Waals surface area contributed by atoms with E-state index < -0.39 is 0 Å². The van der Waals surface area contributed by atoms with Gasteiger partial charge in [-0.3, -0.25) is 9.59 Å². The largest absolute Gasteiger partial charge is 1.00 e. The van der Waals surface area contributed by atoms with Gasteiger partial charge in [0.25, 0.3) is 11.5 Å². The van der Waals surface area contributed by atoms with Gasteiger partial charge < -0.3 is 29.3 Å². The number of halogens is 2. The number of benzene rings is 2. The molecule has 0 radical (unpaired) electrons. The van der Waals surface area contributed by atoms with E-state index in [1.54, 1.807) is 65.5 Å². The zero-order chi connectivity index (χ0) is 18.1. The summed E-state index contributed by atoms with van der Waals surface area (Å²) >= 11 is 5.93. The molecule has 0 saturated carbocycles. The number of carbonyl (C=O) groups excluding carboxylic acids is 2. The van der Waals surface area contributed by atoms with E-state index in [1.807, 2.05) is 18.2 Å². The molecule has 0 bridgehead atoms. The fraction of sp³-hybridized carbons (Fsp3) is 0. The number of hydrogen-bond donors (Lipinski definition) is 1. The number of pyridine rings is 1. The van der Waals surface area contributed by atoms with Crippen molar-refractivity contribution in [3.8, 4) is 0 Å². The first-order valence-corrected chi connectivity index (χ1v) is 8.45. The molecule has 0 aliphatic heterocycles. The van der Waals surface area contributed by atoms with E-state index in [1.165, 1.54) is 0 Å². The molecular formula is C21H14ClIN2O2. The minimum absolute atomic E-state index is 0. The van der Waals surface area contributed by atoms with Crippen LogP contribution in [0.1, 0.15) is 20.7 Å². The van der Waals surface area contributed by atoms with E-state index in [2.05, 4.69) is 5.32 Å². The normalized spacial score (nSPS) is 13.1. The molecule has 0 atom stereocenters. The molecule has 1 aliphatic carbocycles. The third-order valence-electron chi connectivity index (χ3n) is 4.18. The summed E-state index contributed by atoms with van der Waals surface area (Å²) in [5, 5.41) is 3.70. The monoisotopic (exact) mass is 488 g/mol. The summed E-state index contributed by atoms with van der Waals surface area (Å²) in [7, 11) is 0. The van der Waals surface area contributed by atoms with E-state index in [9.17, 15) is 9.59 Å². The summed E-state index contributed by atoms with van der Waals surface area (Å²) in [5.41, 5.74) is 2.02. The molecule has 134 valence electrons. The number of Topliss-reactive ketones (excluding diaryl/α,β-unsaturated/α-hetero) is 2. The number of allylic oxidation sites excluding steroid dienone is 2. The van der Waals surface area contributed by atoms with Crippen LogP contribution < -0.4 is 33.9 Å². The molecular weight excluding hydrogens is 475 g/mol. The van der Waals surface area contributed by atoms with Crippen molar-refractivity contribution >= 4 is 34.6 Å². The molecule has 6 heteroatoms. The maximum Gasteiger partial charge on any atom is 0.286 e.